The first-order valence-electron chi connectivity index (χ1n) is 20.4. The highest BCUT2D eigenvalue weighted by molar-refractivity contribution is 5.84. The molecule has 6 rings (SSSR count). The lowest BCUT2D eigenvalue weighted by Gasteiger charge is -2.71. The molecule has 300 valence electrons. The minimum Gasteiger partial charge on any atom is -0.481 e. The molecule has 0 bridgehead atoms. The van der Waals surface area contributed by atoms with Gasteiger partial charge in [0.25, 0.3) is 0 Å². The lowest BCUT2D eigenvalue weighted by molar-refractivity contribution is -0.324. The van der Waals surface area contributed by atoms with Gasteiger partial charge in [0.1, 0.15) is 18.3 Å². The molecule has 1 amide bonds. The quantitative estimate of drug-likeness (QED) is 0.0905. The first kappa shape index (κ1) is 40.6. The second-order valence-electron chi connectivity index (χ2n) is 20.1. The van der Waals surface area contributed by atoms with Crippen molar-refractivity contribution >= 4 is 17.8 Å². The van der Waals surface area contributed by atoms with E-state index in [-0.39, 0.29) is 57.3 Å². The maximum Gasteiger partial charge on any atom is 0.335 e. The molecule has 5 fully saturated rings. The number of carbonyl (C=O) groups excluding carboxylic acids is 1. The van der Waals surface area contributed by atoms with E-state index in [2.05, 4.69) is 59.9 Å². The van der Waals surface area contributed by atoms with Gasteiger partial charge in [0.2, 0.25) is 5.91 Å². The molecular formula is C42H67NO10. The number of aliphatic carboxylic acids is 2. The molecule has 11 heteroatoms. The fourth-order valence-corrected chi connectivity index (χ4v) is 13.2. The van der Waals surface area contributed by atoms with Crippen LogP contribution in [0, 0.1) is 50.2 Å². The summed E-state index contributed by atoms with van der Waals surface area (Å²) in [6, 6.07) is 0. The average Bonchev–Trinajstić information content (AvgIpc) is 3.07. The smallest absolute Gasteiger partial charge is 0.335 e. The summed E-state index contributed by atoms with van der Waals surface area (Å²) >= 11 is 0. The second-order valence-corrected chi connectivity index (χ2v) is 20.1. The van der Waals surface area contributed by atoms with Gasteiger partial charge in [-0.2, -0.15) is 0 Å². The first-order valence-corrected chi connectivity index (χ1v) is 20.4. The van der Waals surface area contributed by atoms with E-state index in [4.69, 9.17) is 14.6 Å². The van der Waals surface area contributed by atoms with E-state index in [1.807, 2.05) is 0 Å². The van der Waals surface area contributed by atoms with Crippen LogP contribution in [0.5, 0.6) is 0 Å². The van der Waals surface area contributed by atoms with Crippen LogP contribution in [0.25, 0.3) is 0 Å². The summed E-state index contributed by atoms with van der Waals surface area (Å²) in [5, 5.41) is 53.4. The molecule has 13 atom stereocenters. The van der Waals surface area contributed by atoms with Gasteiger partial charge in [0.15, 0.2) is 12.4 Å². The molecule has 4 saturated carbocycles. The van der Waals surface area contributed by atoms with E-state index >= 15 is 0 Å². The van der Waals surface area contributed by atoms with Crippen molar-refractivity contribution in [2.24, 2.45) is 50.2 Å². The molecule has 0 radical (unpaired) electrons. The monoisotopic (exact) mass is 745 g/mol. The van der Waals surface area contributed by atoms with E-state index in [0.29, 0.717) is 25.3 Å². The summed E-state index contributed by atoms with van der Waals surface area (Å²) in [5.41, 5.74) is 0.846. The maximum absolute atomic E-state index is 14.3. The number of fused-ring (bicyclic) bond motifs is 7. The molecule has 11 nitrogen and oxygen atoms in total. The topological polar surface area (TPSA) is 183 Å². The molecular weight excluding hydrogens is 678 g/mol. The Bertz CT molecular complexity index is 1460. The normalized spacial score (nSPS) is 45.7. The Morgan fingerprint density at radius 3 is 2.21 bits per heavy atom. The third-order valence-electron chi connectivity index (χ3n) is 16.5. The Kier molecular flexibility index (Phi) is 10.8. The SMILES string of the molecule is CC1(C)CC[C@]2(C(=O)NCCCCCC(=O)O)CC[C@]3(C)C(=CC[C@@H]4[C@@]5(C)CC[C@H](O[C@@H]6O[C@H](C(=O)O)[C@@H](O)[C@H](O)[C@H]6O)C(C)(C)[C@@H]5CC[C@]43C)[C@@H]2C1. The Labute approximate surface area is 315 Å². The number of rotatable bonds is 10. The Balaban J connectivity index is 1.23. The number of ether oxygens (including phenoxy) is 2. The Morgan fingerprint density at radius 2 is 1.53 bits per heavy atom. The van der Waals surface area contributed by atoms with Gasteiger partial charge in [-0.1, -0.05) is 66.5 Å². The number of hydrogen-bond acceptors (Lipinski definition) is 8. The van der Waals surface area contributed by atoms with E-state index in [1.54, 1.807) is 0 Å². The van der Waals surface area contributed by atoms with Crippen molar-refractivity contribution in [3.05, 3.63) is 11.6 Å². The van der Waals surface area contributed by atoms with Crippen molar-refractivity contribution in [1.29, 1.82) is 0 Å². The summed E-state index contributed by atoms with van der Waals surface area (Å²) in [6.45, 7) is 17.2. The van der Waals surface area contributed by atoms with Crippen molar-refractivity contribution in [2.45, 2.75) is 175 Å². The predicted molar refractivity (Wildman–Crippen MR) is 197 cm³/mol. The largest absolute Gasteiger partial charge is 0.481 e. The number of nitrogens with one attached hydrogen (secondary N) is 1. The molecule has 53 heavy (non-hydrogen) atoms. The van der Waals surface area contributed by atoms with Crippen LogP contribution in [0.2, 0.25) is 0 Å². The van der Waals surface area contributed by atoms with Crippen LogP contribution in [-0.4, -0.2) is 86.7 Å². The molecule has 0 aromatic heterocycles. The van der Waals surface area contributed by atoms with Crippen LogP contribution in [0.4, 0.5) is 0 Å². The molecule has 5 aliphatic carbocycles. The van der Waals surface area contributed by atoms with Crippen LogP contribution in [-0.2, 0) is 23.9 Å². The first-order chi connectivity index (χ1) is 24.6. The number of carbonyl (C=O) groups is 3. The minimum absolute atomic E-state index is 0.00880. The van der Waals surface area contributed by atoms with Crippen LogP contribution in [0.15, 0.2) is 11.6 Å². The number of carboxylic acids is 2. The zero-order chi connectivity index (χ0) is 38.9. The lowest BCUT2D eigenvalue weighted by atomic mass is 9.33. The number of amides is 1. The molecule has 6 N–H and O–H groups in total. The van der Waals surface area contributed by atoms with Gasteiger partial charge >= 0.3 is 11.9 Å². The van der Waals surface area contributed by atoms with Gasteiger partial charge in [0, 0.05) is 13.0 Å². The molecule has 6 aliphatic rings. The van der Waals surface area contributed by atoms with Crippen LogP contribution >= 0.6 is 0 Å². The van der Waals surface area contributed by atoms with Crippen molar-refractivity contribution < 1.29 is 49.4 Å². The third kappa shape index (κ3) is 6.60. The summed E-state index contributed by atoms with van der Waals surface area (Å²) in [7, 11) is 0. The fraction of sp³-hybridized carbons (Fsp3) is 0.881. The van der Waals surface area contributed by atoms with Gasteiger partial charge in [-0.15, -0.1) is 0 Å². The highest BCUT2D eigenvalue weighted by Gasteiger charge is 2.69. The Hall–Kier alpha value is -2.05. The third-order valence-corrected chi connectivity index (χ3v) is 16.5. The number of hydrogen-bond donors (Lipinski definition) is 6. The maximum atomic E-state index is 14.3. The number of unbranched alkanes of at least 4 members (excludes halogenated alkanes) is 2. The van der Waals surface area contributed by atoms with E-state index in [9.17, 15) is 34.8 Å². The summed E-state index contributed by atoms with van der Waals surface area (Å²) in [6.07, 6.45) is 5.84. The van der Waals surface area contributed by atoms with Crippen molar-refractivity contribution in [3.8, 4) is 0 Å². The van der Waals surface area contributed by atoms with E-state index < -0.39 is 48.1 Å². The van der Waals surface area contributed by atoms with Gasteiger partial charge in [-0.25, -0.2) is 4.79 Å². The summed E-state index contributed by atoms with van der Waals surface area (Å²) in [5.74, 6) is -1.12. The second kappa shape index (κ2) is 14.2. The molecule has 0 unspecified atom stereocenters. The van der Waals surface area contributed by atoms with Gasteiger partial charge < -0.3 is 40.3 Å². The number of aliphatic hydroxyl groups is 3. The molecule has 0 aromatic rings. The molecule has 0 spiro atoms. The fourth-order valence-electron chi connectivity index (χ4n) is 13.2. The van der Waals surface area contributed by atoms with Gasteiger partial charge in [-0.3, -0.25) is 9.59 Å². The van der Waals surface area contributed by atoms with Gasteiger partial charge in [0.05, 0.1) is 11.5 Å². The van der Waals surface area contributed by atoms with Crippen LogP contribution in [0.3, 0.4) is 0 Å². The zero-order valence-electron chi connectivity index (χ0n) is 33.2. The molecule has 1 heterocycles. The van der Waals surface area contributed by atoms with Crippen LogP contribution < -0.4 is 5.32 Å². The lowest BCUT2D eigenvalue weighted by Crippen LogP contribution is -2.66. The van der Waals surface area contributed by atoms with Crippen molar-refractivity contribution in [1.82, 2.24) is 5.32 Å². The van der Waals surface area contributed by atoms with Crippen molar-refractivity contribution in [2.75, 3.05) is 6.54 Å². The van der Waals surface area contributed by atoms with Gasteiger partial charge in [-0.05, 0) is 122 Å². The molecule has 1 saturated heterocycles. The summed E-state index contributed by atoms with van der Waals surface area (Å²) < 4.78 is 12.0. The minimum atomic E-state index is -1.76. The summed E-state index contributed by atoms with van der Waals surface area (Å²) in [4.78, 5) is 37.0. The average molecular weight is 746 g/mol. The predicted octanol–water partition coefficient (Wildman–Crippen LogP) is 5.83. The molecule has 0 aromatic carbocycles. The molecule has 1 aliphatic heterocycles. The standard InChI is InChI=1S/C42H67NO10/c1-37(2)18-20-42(36(51)43-22-10-8-9-11-29(44)45)21-19-40(6)24(25(42)23-37)12-13-27-39(5)16-15-28(38(3,4)26(39)14-17-41(27,40)7)52-35-32(48)30(46)31(47)33(53-35)34(49)50/h12,25-28,30-33,35,46-48H,8-11,13-23H2,1-7H3,(H,43,51)(H,44,45)(H,49,50)/t25-,26-,27+,28-,30-,31-,32+,33-,35+,39-,40+,41+,42-/m0/s1. The highest BCUT2D eigenvalue weighted by Crippen LogP contribution is 2.76. The number of allylic oxidation sites excluding steroid dienone is 2. The van der Waals surface area contributed by atoms with Crippen molar-refractivity contribution in [3.63, 3.8) is 0 Å². The van der Waals surface area contributed by atoms with E-state index in [1.165, 1.54) is 5.57 Å². The highest BCUT2D eigenvalue weighted by atomic mass is 16.7. The zero-order valence-corrected chi connectivity index (χ0v) is 33.2. The van der Waals surface area contributed by atoms with E-state index in [0.717, 1.165) is 70.6 Å². The van der Waals surface area contributed by atoms with Crippen LogP contribution in [0.1, 0.15) is 138 Å². The number of carboxylic acid groups (broad SMARTS) is 2. The number of aliphatic hydroxyl groups excluding tert-OH is 3. The Morgan fingerprint density at radius 1 is 0.830 bits per heavy atom.